The van der Waals surface area contributed by atoms with Gasteiger partial charge < -0.3 is 9.88 Å². The second-order valence-electron chi connectivity index (χ2n) is 15.7. The van der Waals surface area contributed by atoms with Crippen LogP contribution in [0.1, 0.15) is 0 Å². The molecule has 5 nitrogen and oxygen atoms in total. The zero-order valence-electron chi connectivity index (χ0n) is 32.8. The second-order valence-corrected chi connectivity index (χ2v) is 16.8. The quantitative estimate of drug-likeness (QED) is 0.182. The van der Waals surface area contributed by atoms with Crippen LogP contribution in [-0.2, 0) is 0 Å². The van der Waals surface area contributed by atoms with Crippen molar-refractivity contribution >= 4 is 92.5 Å². The van der Waals surface area contributed by atoms with Gasteiger partial charge in [-0.1, -0.05) is 115 Å². The molecule has 0 amide bonds. The first-order chi connectivity index (χ1) is 30.2. The van der Waals surface area contributed by atoms with Crippen LogP contribution >= 0.6 is 11.3 Å². The maximum Gasteiger partial charge on any atom is 0.220 e. The summed E-state index contributed by atoms with van der Waals surface area (Å²) < 4.78 is 9.64. The molecule has 9 aromatic carbocycles. The van der Waals surface area contributed by atoms with Crippen molar-refractivity contribution in [2.75, 3.05) is 5.32 Å². The third-order valence-electron chi connectivity index (χ3n) is 12.2. The molecular weight excluding hydrogens is 763 g/mol. The number of benzene rings is 9. The van der Waals surface area contributed by atoms with Crippen molar-refractivity contribution in [2.45, 2.75) is 0 Å². The smallest absolute Gasteiger partial charge is 0.220 e. The van der Waals surface area contributed by atoms with Crippen molar-refractivity contribution < 1.29 is 0 Å². The largest absolute Gasteiger partial charge is 0.355 e. The molecule has 0 aliphatic heterocycles. The summed E-state index contributed by atoms with van der Waals surface area (Å²) in [6.45, 7) is 0. The predicted molar refractivity (Wildman–Crippen MR) is 257 cm³/mol. The molecule has 0 aliphatic carbocycles. The van der Waals surface area contributed by atoms with E-state index in [1.165, 1.54) is 58.7 Å². The molecule has 0 unspecified atom stereocenters. The van der Waals surface area contributed by atoms with Gasteiger partial charge in [0.05, 0.1) is 38.8 Å². The number of hydrogen-bond donors (Lipinski definition) is 1. The molecule has 0 aliphatic rings. The van der Waals surface area contributed by atoms with Crippen LogP contribution in [0.3, 0.4) is 0 Å². The van der Waals surface area contributed by atoms with Crippen LogP contribution in [-0.4, -0.2) is 18.5 Å². The van der Waals surface area contributed by atoms with Crippen LogP contribution < -0.4 is 5.32 Å². The van der Waals surface area contributed by atoms with Crippen LogP contribution in [0.4, 0.5) is 11.4 Å². The zero-order chi connectivity index (χ0) is 40.0. The number of rotatable bonds is 6. The highest BCUT2D eigenvalue weighted by atomic mass is 32.1. The Bertz CT molecular complexity index is 3860. The average molecular weight is 798 g/mol. The molecule has 13 rings (SSSR count). The fourth-order valence-corrected chi connectivity index (χ4v) is 10.6. The first-order valence-electron chi connectivity index (χ1n) is 20.6. The Hall–Kier alpha value is -7.93. The van der Waals surface area contributed by atoms with Gasteiger partial charge in [0, 0.05) is 53.6 Å². The molecule has 1 N–H and O–H groups in total. The van der Waals surface area contributed by atoms with E-state index in [-0.39, 0.29) is 0 Å². The number of nitrogens with zero attached hydrogens (tertiary/aromatic N) is 4. The summed E-state index contributed by atoms with van der Waals surface area (Å²) >= 11 is 1.85. The van der Waals surface area contributed by atoms with Gasteiger partial charge in [-0.2, -0.15) is 0 Å². The van der Waals surface area contributed by atoms with Gasteiger partial charge in [0.25, 0.3) is 0 Å². The first kappa shape index (κ1) is 34.0. The predicted octanol–water partition coefficient (Wildman–Crippen LogP) is 15.0. The minimum atomic E-state index is 0.909. The van der Waals surface area contributed by atoms with Gasteiger partial charge in [0.15, 0.2) is 0 Å². The van der Waals surface area contributed by atoms with Gasteiger partial charge >= 0.3 is 0 Å². The number of thiophene rings is 1. The summed E-state index contributed by atoms with van der Waals surface area (Å²) in [5.41, 5.74) is 15.8. The molecule has 4 aromatic heterocycles. The molecule has 0 saturated heterocycles. The Labute approximate surface area is 354 Å². The third-order valence-corrected chi connectivity index (χ3v) is 13.4. The second kappa shape index (κ2) is 13.3. The fourth-order valence-electron chi connectivity index (χ4n) is 9.53. The van der Waals surface area contributed by atoms with E-state index in [4.69, 9.17) is 4.98 Å². The number of hydrogen-bond acceptors (Lipinski definition) is 3. The van der Waals surface area contributed by atoms with Crippen molar-refractivity contribution in [3.8, 4) is 33.6 Å². The summed E-state index contributed by atoms with van der Waals surface area (Å²) in [6, 6.07) is 74.3. The van der Waals surface area contributed by atoms with Crippen LogP contribution in [0.2, 0.25) is 0 Å². The van der Waals surface area contributed by atoms with E-state index in [2.05, 4.69) is 225 Å². The molecule has 286 valence electrons. The van der Waals surface area contributed by atoms with Gasteiger partial charge in [0.2, 0.25) is 5.78 Å². The number of fused-ring (bicyclic) bond motifs is 11. The van der Waals surface area contributed by atoms with Gasteiger partial charge in [-0.05, 0) is 108 Å². The number of aromatic nitrogens is 4. The molecule has 61 heavy (non-hydrogen) atoms. The van der Waals surface area contributed by atoms with E-state index in [1.807, 2.05) is 11.3 Å². The van der Waals surface area contributed by atoms with E-state index in [0.717, 1.165) is 56.1 Å². The Morgan fingerprint density at radius 2 is 1.10 bits per heavy atom. The lowest BCUT2D eigenvalue weighted by molar-refractivity contribution is 1.12. The van der Waals surface area contributed by atoms with E-state index >= 15 is 0 Å². The van der Waals surface area contributed by atoms with Crippen molar-refractivity contribution in [1.82, 2.24) is 18.5 Å². The number of para-hydroxylation sites is 6. The molecule has 0 radical (unpaired) electrons. The van der Waals surface area contributed by atoms with Crippen molar-refractivity contribution in [3.05, 3.63) is 206 Å². The monoisotopic (exact) mass is 797 g/mol. The summed E-state index contributed by atoms with van der Waals surface area (Å²) in [5.74, 6) is 0.909. The highest BCUT2D eigenvalue weighted by molar-refractivity contribution is 7.25. The maximum atomic E-state index is 5.22. The fraction of sp³-hybridized carbons (Fsp3) is 0. The zero-order valence-corrected chi connectivity index (χ0v) is 33.6. The minimum Gasteiger partial charge on any atom is -0.355 e. The minimum absolute atomic E-state index is 0.909. The molecule has 0 fully saturated rings. The highest BCUT2D eigenvalue weighted by Crippen LogP contribution is 2.42. The molecular formula is C55H35N5S. The number of imidazole rings is 2. The van der Waals surface area contributed by atoms with Gasteiger partial charge in [-0.15, -0.1) is 11.3 Å². The lowest BCUT2D eigenvalue weighted by atomic mass is 10.0. The Morgan fingerprint density at radius 3 is 2.00 bits per heavy atom. The van der Waals surface area contributed by atoms with Crippen molar-refractivity contribution in [2.24, 2.45) is 0 Å². The molecule has 4 heterocycles. The standard InChI is InChI=1S/C55H35N5S/c1-2-14-35(15-3-1)40-18-4-6-20-44(40)56-38-17-12-16-36(32-38)37-28-30-52-42(33-37)43-34-39(29-31-53(43)61-52)58-46-22-8-5-19-41(46)54-50(58)26-13-27-51(54)60-49-25-11-10-24-48(49)59-47-23-9-7-21-45(47)57-55(59)60/h1-34,56H. The first-order valence-corrected chi connectivity index (χ1v) is 21.4. The molecule has 6 heteroatoms. The summed E-state index contributed by atoms with van der Waals surface area (Å²) in [6.07, 6.45) is 0. The molecule has 0 saturated carbocycles. The Morgan fingerprint density at radius 1 is 0.426 bits per heavy atom. The topological polar surface area (TPSA) is 39.2 Å². The van der Waals surface area contributed by atoms with Crippen LogP contribution in [0, 0.1) is 0 Å². The van der Waals surface area contributed by atoms with Crippen molar-refractivity contribution in [3.63, 3.8) is 0 Å². The third kappa shape index (κ3) is 5.22. The van der Waals surface area contributed by atoms with E-state index in [1.54, 1.807) is 0 Å². The number of anilines is 2. The summed E-state index contributed by atoms with van der Waals surface area (Å²) in [4.78, 5) is 5.22. The molecule has 0 spiro atoms. The average Bonchev–Trinajstić information content (AvgIpc) is 4.06. The van der Waals surface area contributed by atoms with Gasteiger partial charge in [-0.25, -0.2) is 4.98 Å². The molecule has 0 bridgehead atoms. The van der Waals surface area contributed by atoms with Gasteiger partial charge in [-0.3, -0.25) is 8.97 Å². The molecule has 13 aromatic rings. The number of nitrogens with one attached hydrogen (secondary N) is 1. The van der Waals surface area contributed by atoms with E-state index < -0.39 is 0 Å². The van der Waals surface area contributed by atoms with Crippen LogP contribution in [0.25, 0.3) is 103 Å². The van der Waals surface area contributed by atoms with Crippen LogP contribution in [0.5, 0.6) is 0 Å². The van der Waals surface area contributed by atoms with Gasteiger partial charge in [0.1, 0.15) is 0 Å². The summed E-state index contributed by atoms with van der Waals surface area (Å²) in [5, 5.41) is 8.65. The lowest BCUT2D eigenvalue weighted by Crippen LogP contribution is -1.97. The normalized spacial score (nSPS) is 11.9. The highest BCUT2D eigenvalue weighted by Gasteiger charge is 2.22. The maximum absolute atomic E-state index is 5.22. The Balaban J connectivity index is 0.949. The van der Waals surface area contributed by atoms with Crippen LogP contribution in [0.15, 0.2) is 206 Å². The van der Waals surface area contributed by atoms with E-state index in [9.17, 15) is 0 Å². The van der Waals surface area contributed by atoms with E-state index in [0.29, 0.717) is 0 Å². The SMILES string of the molecule is c1ccc(-c2ccccc2Nc2cccc(-c3ccc4sc5ccc(-n6c7ccccc7c7c(-n8c9ccccc9n9c%10ccccc%10nc89)cccc76)cc5c4c3)c2)cc1. The molecule has 0 atom stereocenters. The van der Waals surface area contributed by atoms with Crippen molar-refractivity contribution in [1.29, 1.82) is 0 Å². The summed E-state index contributed by atoms with van der Waals surface area (Å²) in [7, 11) is 0. The lowest BCUT2D eigenvalue weighted by Gasteiger charge is -2.13. The Kier molecular flexibility index (Phi) is 7.41.